The van der Waals surface area contributed by atoms with E-state index in [0.29, 0.717) is 11.5 Å². The van der Waals surface area contributed by atoms with Gasteiger partial charge in [0.25, 0.3) is 0 Å². The van der Waals surface area contributed by atoms with Crippen LogP contribution in [-0.4, -0.2) is 38.6 Å². The van der Waals surface area contributed by atoms with Gasteiger partial charge in [-0.1, -0.05) is 13.8 Å². The van der Waals surface area contributed by atoms with Gasteiger partial charge in [0.15, 0.2) is 0 Å². The van der Waals surface area contributed by atoms with E-state index in [1.807, 2.05) is 20.2 Å². The first-order valence-corrected chi connectivity index (χ1v) is 6.52. The van der Waals surface area contributed by atoms with Crippen molar-refractivity contribution in [2.24, 2.45) is 5.92 Å². The summed E-state index contributed by atoms with van der Waals surface area (Å²) in [6, 6.07) is 6.52. The highest BCUT2D eigenvalue weighted by Gasteiger charge is 2.11. The largest absolute Gasteiger partial charge is 0.370 e. The zero-order chi connectivity index (χ0) is 14.4. The number of likely N-dealkylation sites (N-methyl/N-ethyl adjacent to an activating group) is 1. The Balaban J connectivity index is 2.95. The second kappa shape index (κ2) is 7.10. The molecule has 0 saturated carbocycles. The lowest BCUT2D eigenvalue weighted by Gasteiger charge is -2.28. The average molecular weight is 263 g/mol. The monoisotopic (exact) mass is 263 g/mol. The molecule has 0 radical (unpaired) electrons. The third-order valence-corrected chi connectivity index (χ3v) is 2.78. The minimum Gasteiger partial charge on any atom is -0.370 e. The van der Waals surface area contributed by atoms with Gasteiger partial charge in [0.1, 0.15) is 5.82 Å². The van der Waals surface area contributed by atoms with E-state index in [4.69, 9.17) is 5.26 Å². The summed E-state index contributed by atoms with van der Waals surface area (Å²) in [7, 11) is 4.03. The fourth-order valence-electron chi connectivity index (χ4n) is 1.91. The van der Waals surface area contributed by atoms with Crippen LogP contribution in [-0.2, 0) is 0 Å². The van der Waals surface area contributed by atoms with Gasteiger partial charge >= 0.3 is 0 Å². The molecule has 1 aromatic rings. The molecule has 0 aromatic heterocycles. The zero-order valence-electron chi connectivity index (χ0n) is 12.2. The van der Waals surface area contributed by atoms with Gasteiger partial charge < -0.3 is 9.80 Å². The molecule has 0 fully saturated rings. The third-order valence-electron chi connectivity index (χ3n) is 2.78. The van der Waals surface area contributed by atoms with Crippen LogP contribution in [0.1, 0.15) is 19.4 Å². The number of nitrogens with zero attached hydrogens (tertiary/aromatic N) is 3. The highest BCUT2D eigenvalue weighted by atomic mass is 19.1. The Morgan fingerprint density at radius 2 is 1.89 bits per heavy atom. The summed E-state index contributed by atoms with van der Waals surface area (Å²) < 4.78 is 13.5. The molecule has 0 aliphatic heterocycles. The fourth-order valence-corrected chi connectivity index (χ4v) is 1.91. The molecule has 0 N–H and O–H groups in total. The molecule has 4 heteroatoms. The van der Waals surface area contributed by atoms with Crippen molar-refractivity contribution in [3.05, 3.63) is 29.6 Å². The van der Waals surface area contributed by atoms with Gasteiger partial charge in [-0.15, -0.1) is 0 Å². The maximum Gasteiger partial charge on any atom is 0.126 e. The van der Waals surface area contributed by atoms with Crippen LogP contribution < -0.4 is 4.90 Å². The quantitative estimate of drug-likeness (QED) is 0.790. The van der Waals surface area contributed by atoms with Gasteiger partial charge in [-0.2, -0.15) is 5.26 Å². The van der Waals surface area contributed by atoms with Gasteiger partial charge in [-0.3, -0.25) is 0 Å². The van der Waals surface area contributed by atoms with E-state index >= 15 is 0 Å². The van der Waals surface area contributed by atoms with Crippen molar-refractivity contribution >= 4 is 5.69 Å². The summed E-state index contributed by atoms with van der Waals surface area (Å²) in [6.07, 6.45) is 0. The number of hydrogen-bond donors (Lipinski definition) is 0. The maximum atomic E-state index is 13.5. The van der Waals surface area contributed by atoms with E-state index < -0.39 is 0 Å². The van der Waals surface area contributed by atoms with Gasteiger partial charge in [-0.05, 0) is 38.2 Å². The third kappa shape index (κ3) is 5.27. The Labute approximate surface area is 115 Å². The van der Waals surface area contributed by atoms with Crippen molar-refractivity contribution in [2.45, 2.75) is 13.8 Å². The lowest BCUT2D eigenvalue weighted by molar-refractivity contribution is 0.409. The molecule has 0 atom stereocenters. The van der Waals surface area contributed by atoms with Crippen molar-refractivity contribution in [1.29, 1.82) is 5.26 Å². The number of anilines is 1. The van der Waals surface area contributed by atoms with Crippen molar-refractivity contribution in [3.8, 4) is 6.07 Å². The lowest BCUT2D eigenvalue weighted by atomic mass is 10.1. The molecule has 104 valence electrons. The van der Waals surface area contributed by atoms with Crippen molar-refractivity contribution in [3.63, 3.8) is 0 Å². The Bertz CT molecular complexity index is 449. The Kier molecular flexibility index (Phi) is 5.78. The number of hydrogen-bond acceptors (Lipinski definition) is 3. The first-order valence-electron chi connectivity index (χ1n) is 6.52. The molecule has 19 heavy (non-hydrogen) atoms. The Morgan fingerprint density at radius 3 is 2.42 bits per heavy atom. The summed E-state index contributed by atoms with van der Waals surface area (Å²) in [5.74, 6) is 0.128. The summed E-state index contributed by atoms with van der Waals surface area (Å²) in [5.41, 5.74) is 1.15. The molecule has 3 nitrogen and oxygen atoms in total. The number of halogens is 1. The standard InChI is InChI=1S/C15H22FN3/c1-12(2)11-19(6-5-18(3)4)15-8-13(10-17)7-14(16)9-15/h7-9,12H,5-6,11H2,1-4H3. The first-order chi connectivity index (χ1) is 8.92. The number of rotatable bonds is 6. The molecule has 0 aliphatic rings. The minimum atomic E-state index is -0.354. The molecule has 0 spiro atoms. The SMILES string of the molecule is CC(C)CN(CCN(C)C)c1cc(F)cc(C#N)c1. The van der Waals surface area contributed by atoms with Crippen LogP contribution >= 0.6 is 0 Å². The van der Waals surface area contributed by atoms with Crippen LogP contribution in [0.5, 0.6) is 0 Å². The van der Waals surface area contributed by atoms with Gasteiger partial charge in [0.2, 0.25) is 0 Å². The van der Waals surface area contributed by atoms with E-state index in [1.165, 1.54) is 12.1 Å². The number of nitriles is 1. The van der Waals surface area contributed by atoms with Crippen LogP contribution in [0.25, 0.3) is 0 Å². The Hall–Kier alpha value is -1.60. The highest BCUT2D eigenvalue weighted by Crippen LogP contribution is 2.19. The molecule has 0 aliphatic carbocycles. The normalized spacial score (nSPS) is 10.8. The summed E-state index contributed by atoms with van der Waals surface area (Å²) in [4.78, 5) is 4.23. The van der Waals surface area contributed by atoms with Crippen LogP contribution in [0.4, 0.5) is 10.1 Å². The van der Waals surface area contributed by atoms with Crippen LogP contribution in [0, 0.1) is 23.1 Å². The maximum absolute atomic E-state index is 13.5. The highest BCUT2D eigenvalue weighted by molar-refractivity contribution is 5.52. The van der Waals surface area contributed by atoms with Crippen LogP contribution in [0.15, 0.2) is 18.2 Å². The van der Waals surface area contributed by atoms with Gasteiger partial charge in [-0.25, -0.2) is 4.39 Å². The topological polar surface area (TPSA) is 30.3 Å². The predicted molar refractivity (Wildman–Crippen MR) is 76.7 cm³/mol. The summed E-state index contributed by atoms with van der Waals surface area (Å²) >= 11 is 0. The predicted octanol–water partition coefficient (Wildman–Crippen LogP) is 2.72. The zero-order valence-corrected chi connectivity index (χ0v) is 12.2. The number of benzene rings is 1. The van der Waals surface area contributed by atoms with E-state index in [-0.39, 0.29) is 5.82 Å². The molecule has 1 rings (SSSR count). The van der Waals surface area contributed by atoms with Crippen molar-refractivity contribution < 1.29 is 4.39 Å². The van der Waals surface area contributed by atoms with E-state index in [2.05, 4.69) is 23.6 Å². The second-order valence-corrected chi connectivity index (χ2v) is 5.45. The molecule has 0 saturated heterocycles. The molecule has 0 unspecified atom stereocenters. The fraction of sp³-hybridized carbons (Fsp3) is 0.533. The molecule has 0 bridgehead atoms. The molecular formula is C15H22FN3. The van der Waals surface area contributed by atoms with E-state index in [9.17, 15) is 4.39 Å². The lowest BCUT2D eigenvalue weighted by Crippen LogP contribution is -2.34. The summed E-state index contributed by atoms with van der Waals surface area (Å²) in [6.45, 7) is 6.83. The molecular weight excluding hydrogens is 241 g/mol. The van der Waals surface area contributed by atoms with Gasteiger partial charge in [0.05, 0.1) is 11.6 Å². The van der Waals surface area contributed by atoms with E-state index in [0.717, 1.165) is 25.3 Å². The smallest absolute Gasteiger partial charge is 0.126 e. The molecule has 0 heterocycles. The second-order valence-electron chi connectivity index (χ2n) is 5.45. The van der Waals surface area contributed by atoms with Gasteiger partial charge in [0, 0.05) is 25.3 Å². The van der Waals surface area contributed by atoms with Crippen LogP contribution in [0.3, 0.4) is 0 Å². The molecule has 0 amide bonds. The van der Waals surface area contributed by atoms with E-state index in [1.54, 1.807) is 6.07 Å². The van der Waals surface area contributed by atoms with Crippen LogP contribution in [0.2, 0.25) is 0 Å². The van der Waals surface area contributed by atoms with Crippen molar-refractivity contribution in [2.75, 3.05) is 38.6 Å². The average Bonchev–Trinajstić information content (AvgIpc) is 2.32. The summed E-state index contributed by atoms with van der Waals surface area (Å²) in [5, 5.41) is 8.92. The Morgan fingerprint density at radius 1 is 1.21 bits per heavy atom. The minimum absolute atomic E-state index is 0.354. The van der Waals surface area contributed by atoms with Crippen molar-refractivity contribution in [1.82, 2.24) is 4.90 Å². The molecule has 1 aromatic carbocycles. The first kappa shape index (κ1) is 15.5.